The van der Waals surface area contributed by atoms with Gasteiger partial charge in [-0.3, -0.25) is 10.1 Å². The van der Waals surface area contributed by atoms with Crippen molar-refractivity contribution in [1.29, 1.82) is 0 Å². The van der Waals surface area contributed by atoms with Crippen molar-refractivity contribution >= 4 is 11.9 Å². The Morgan fingerprint density at radius 2 is 2.05 bits per heavy atom. The molecular weight excluding hydrogens is 248 g/mol. The van der Waals surface area contributed by atoms with Gasteiger partial charge in [-0.25, -0.2) is 5.10 Å². The molecule has 7 nitrogen and oxygen atoms in total. The third-order valence-corrected chi connectivity index (χ3v) is 2.33. The number of aromatic amines is 1. The lowest BCUT2D eigenvalue weighted by Gasteiger charge is -2.06. The van der Waals surface area contributed by atoms with Gasteiger partial charge in [-0.2, -0.15) is 10.1 Å². The average Bonchev–Trinajstić information content (AvgIpc) is 2.92. The summed E-state index contributed by atoms with van der Waals surface area (Å²) < 4.78 is 10.5. The molecule has 1 aromatic carbocycles. The first-order valence-corrected chi connectivity index (χ1v) is 5.70. The monoisotopic (exact) mass is 262 g/mol. The Hall–Kier alpha value is -2.57. The molecule has 0 atom stereocenters. The minimum Gasteiger partial charge on any atom is -0.497 e. The molecule has 0 spiro atoms. The predicted octanol–water partition coefficient (Wildman–Crippen LogP) is 1.22. The zero-order chi connectivity index (χ0) is 13.5. The summed E-state index contributed by atoms with van der Waals surface area (Å²) in [7, 11) is 1.60. The third-order valence-electron chi connectivity index (χ3n) is 2.33. The second-order valence-electron chi connectivity index (χ2n) is 3.66. The molecule has 100 valence electrons. The Balaban J connectivity index is 1.72. The van der Waals surface area contributed by atoms with E-state index < -0.39 is 0 Å². The van der Waals surface area contributed by atoms with Gasteiger partial charge >= 0.3 is 0 Å². The summed E-state index contributed by atoms with van der Waals surface area (Å²) in [5.74, 6) is 1.59. The van der Waals surface area contributed by atoms with E-state index in [1.807, 2.05) is 0 Å². The Kier molecular flexibility index (Phi) is 4.33. The van der Waals surface area contributed by atoms with Crippen molar-refractivity contribution in [3.05, 3.63) is 30.6 Å². The summed E-state index contributed by atoms with van der Waals surface area (Å²) in [4.78, 5) is 15.3. The highest BCUT2D eigenvalue weighted by atomic mass is 16.5. The normalized spacial score (nSPS) is 9.95. The van der Waals surface area contributed by atoms with Crippen molar-refractivity contribution in [3.63, 3.8) is 0 Å². The topological polar surface area (TPSA) is 89.1 Å². The Morgan fingerprint density at radius 1 is 1.32 bits per heavy atom. The van der Waals surface area contributed by atoms with Gasteiger partial charge in [0.2, 0.25) is 11.9 Å². The zero-order valence-corrected chi connectivity index (χ0v) is 10.4. The van der Waals surface area contributed by atoms with Crippen molar-refractivity contribution in [2.24, 2.45) is 0 Å². The number of hydrogen-bond donors (Lipinski definition) is 2. The number of carbonyl (C=O) groups excluding carboxylic acids is 1. The molecule has 1 aromatic heterocycles. The fourth-order valence-electron chi connectivity index (χ4n) is 1.39. The number of carbonyl (C=O) groups is 1. The van der Waals surface area contributed by atoms with Crippen molar-refractivity contribution in [3.8, 4) is 11.5 Å². The third kappa shape index (κ3) is 3.98. The minimum absolute atomic E-state index is 0.190. The van der Waals surface area contributed by atoms with Crippen molar-refractivity contribution in [2.75, 3.05) is 19.0 Å². The van der Waals surface area contributed by atoms with Crippen LogP contribution in [0.3, 0.4) is 0 Å². The molecule has 0 aliphatic carbocycles. The summed E-state index contributed by atoms with van der Waals surface area (Å²) in [5, 5.41) is 8.72. The molecule has 19 heavy (non-hydrogen) atoms. The van der Waals surface area contributed by atoms with E-state index >= 15 is 0 Å². The second kappa shape index (κ2) is 6.39. The summed E-state index contributed by atoms with van der Waals surface area (Å²) in [6.07, 6.45) is 1.55. The molecule has 0 saturated carbocycles. The number of anilines is 1. The van der Waals surface area contributed by atoms with Gasteiger partial charge in [0.05, 0.1) is 20.1 Å². The van der Waals surface area contributed by atoms with Crippen molar-refractivity contribution in [1.82, 2.24) is 15.2 Å². The van der Waals surface area contributed by atoms with E-state index in [4.69, 9.17) is 9.47 Å². The lowest BCUT2D eigenvalue weighted by Crippen LogP contribution is -2.16. The number of benzene rings is 1. The first-order valence-electron chi connectivity index (χ1n) is 5.70. The van der Waals surface area contributed by atoms with Crippen LogP contribution in [0.15, 0.2) is 30.6 Å². The smallest absolute Gasteiger partial charge is 0.230 e. The van der Waals surface area contributed by atoms with Crippen LogP contribution >= 0.6 is 0 Å². The van der Waals surface area contributed by atoms with Crippen molar-refractivity contribution in [2.45, 2.75) is 6.42 Å². The summed E-state index contributed by atoms with van der Waals surface area (Å²) in [5.41, 5.74) is 0. The molecule has 0 bridgehead atoms. The van der Waals surface area contributed by atoms with Crippen LogP contribution in [-0.2, 0) is 4.79 Å². The van der Waals surface area contributed by atoms with Gasteiger partial charge in [-0.05, 0) is 24.3 Å². The van der Waals surface area contributed by atoms with Crippen LogP contribution in [-0.4, -0.2) is 34.8 Å². The van der Waals surface area contributed by atoms with Gasteiger partial charge in [0.15, 0.2) is 0 Å². The number of H-pyrrole nitrogens is 1. The number of rotatable bonds is 6. The van der Waals surface area contributed by atoms with Gasteiger partial charge in [0, 0.05) is 0 Å². The van der Waals surface area contributed by atoms with E-state index in [0.717, 1.165) is 5.75 Å². The maximum Gasteiger partial charge on any atom is 0.230 e. The fourth-order valence-corrected chi connectivity index (χ4v) is 1.39. The molecule has 0 saturated heterocycles. The van der Waals surface area contributed by atoms with E-state index in [1.165, 1.54) is 6.33 Å². The number of nitrogens with one attached hydrogen (secondary N) is 2. The second-order valence-corrected chi connectivity index (χ2v) is 3.66. The summed E-state index contributed by atoms with van der Waals surface area (Å²) >= 11 is 0. The molecule has 2 N–H and O–H groups in total. The SMILES string of the molecule is COc1ccc(OCCC(=O)Nc2ncn[nH]2)cc1. The van der Waals surface area contributed by atoms with E-state index in [9.17, 15) is 4.79 Å². The lowest BCUT2D eigenvalue weighted by atomic mass is 10.3. The largest absolute Gasteiger partial charge is 0.497 e. The number of hydrogen-bond acceptors (Lipinski definition) is 5. The maximum absolute atomic E-state index is 11.5. The van der Waals surface area contributed by atoms with Crippen LogP contribution in [0.5, 0.6) is 11.5 Å². The van der Waals surface area contributed by atoms with E-state index in [2.05, 4.69) is 20.5 Å². The Morgan fingerprint density at radius 3 is 2.68 bits per heavy atom. The van der Waals surface area contributed by atoms with Gasteiger partial charge in [-0.1, -0.05) is 0 Å². The molecule has 1 amide bonds. The number of aromatic nitrogens is 3. The van der Waals surface area contributed by atoms with E-state index in [-0.39, 0.29) is 18.9 Å². The highest BCUT2D eigenvalue weighted by Gasteiger charge is 2.04. The average molecular weight is 262 g/mol. The lowest BCUT2D eigenvalue weighted by molar-refractivity contribution is -0.116. The first-order chi connectivity index (χ1) is 9.28. The molecule has 0 aliphatic rings. The fraction of sp³-hybridized carbons (Fsp3) is 0.250. The molecular formula is C12H14N4O3. The Bertz CT molecular complexity index is 510. The summed E-state index contributed by atoms with van der Waals surface area (Å²) in [6.45, 7) is 0.284. The molecule has 2 rings (SSSR count). The predicted molar refractivity (Wildman–Crippen MR) is 68.1 cm³/mol. The number of ether oxygens (including phenoxy) is 2. The van der Waals surface area contributed by atoms with Gasteiger partial charge in [0.1, 0.15) is 17.8 Å². The maximum atomic E-state index is 11.5. The molecule has 1 heterocycles. The van der Waals surface area contributed by atoms with Crippen LogP contribution in [0.2, 0.25) is 0 Å². The zero-order valence-electron chi connectivity index (χ0n) is 10.4. The molecule has 0 radical (unpaired) electrons. The van der Waals surface area contributed by atoms with Gasteiger partial charge in [-0.15, -0.1) is 0 Å². The number of nitrogens with zero attached hydrogens (tertiary/aromatic N) is 2. The number of methoxy groups -OCH3 is 1. The Labute approximate surface area is 110 Å². The van der Waals surface area contributed by atoms with Gasteiger partial charge in [0.25, 0.3) is 0 Å². The standard InChI is InChI=1S/C12H14N4O3/c1-18-9-2-4-10(5-3-9)19-7-6-11(17)15-12-13-8-14-16-12/h2-5,8H,6-7H2,1H3,(H2,13,14,15,16,17). The quantitative estimate of drug-likeness (QED) is 0.817. The van der Waals surface area contributed by atoms with Crippen LogP contribution in [0, 0.1) is 0 Å². The molecule has 0 aliphatic heterocycles. The number of amides is 1. The van der Waals surface area contributed by atoms with Crippen LogP contribution in [0.25, 0.3) is 0 Å². The molecule has 0 unspecified atom stereocenters. The molecule has 2 aromatic rings. The van der Waals surface area contributed by atoms with Crippen molar-refractivity contribution < 1.29 is 14.3 Å². The van der Waals surface area contributed by atoms with E-state index in [1.54, 1.807) is 31.4 Å². The van der Waals surface area contributed by atoms with E-state index in [0.29, 0.717) is 11.7 Å². The molecule has 7 heteroatoms. The van der Waals surface area contributed by atoms with Crippen LogP contribution < -0.4 is 14.8 Å². The highest BCUT2D eigenvalue weighted by Crippen LogP contribution is 2.16. The molecule has 0 fully saturated rings. The first kappa shape index (κ1) is 12.9. The van der Waals surface area contributed by atoms with Crippen LogP contribution in [0.1, 0.15) is 6.42 Å². The van der Waals surface area contributed by atoms with Crippen LogP contribution in [0.4, 0.5) is 5.95 Å². The highest BCUT2D eigenvalue weighted by molar-refractivity contribution is 5.88. The summed E-state index contributed by atoms with van der Waals surface area (Å²) in [6, 6.07) is 7.16. The van der Waals surface area contributed by atoms with Gasteiger partial charge < -0.3 is 9.47 Å². The minimum atomic E-state index is -0.190.